The predicted molar refractivity (Wildman–Crippen MR) is 67.8 cm³/mol. The first kappa shape index (κ1) is 13.5. The van der Waals surface area contributed by atoms with E-state index in [1.807, 2.05) is 18.7 Å². The van der Waals surface area contributed by atoms with E-state index in [0.717, 1.165) is 17.9 Å². The Morgan fingerprint density at radius 1 is 1.67 bits per heavy atom. The molecule has 1 N–H and O–H groups in total. The zero-order chi connectivity index (χ0) is 11.5. The van der Waals surface area contributed by atoms with Crippen LogP contribution in [0.25, 0.3) is 0 Å². The summed E-state index contributed by atoms with van der Waals surface area (Å²) in [6.07, 6.45) is 1.58. The van der Waals surface area contributed by atoms with Gasteiger partial charge in [0.25, 0.3) is 0 Å². The van der Waals surface area contributed by atoms with Crippen molar-refractivity contribution in [3.05, 3.63) is 0 Å². The Morgan fingerprint density at radius 2 is 2.27 bits per heavy atom. The van der Waals surface area contributed by atoms with Crippen LogP contribution in [-0.2, 0) is 4.79 Å². The molecule has 2 nitrogen and oxygen atoms in total. The second-order valence-electron chi connectivity index (χ2n) is 3.91. The number of nitrogens with one attached hydrogen (secondary N) is 1. The van der Waals surface area contributed by atoms with E-state index in [-0.39, 0.29) is 17.9 Å². The summed E-state index contributed by atoms with van der Waals surface area (Å²) in [5, 5.41) is 2.94. The van der Waals surface area contributed by atoms with Crippen LogP contribution >= 0.6 is 35.0 Å². The predicted octanol–water partition coefficient (Wildman–Crippen LogP) is 2.83. The first-order valence-electron chi connectivity index (χ1n) is 5.23. The van der Waals surface area contributed by atoms with Crippen molar-refractivity contribution >= 4 is 40.9 Å². The summed E-state index contributed by atoms with van der Waals surface area (Å²) in [7, 11) is 0. The third kappa shape index (κ3) is 4.41. The molecule has 0 radical (unpaired) electrons. The summed E-state index contributed by atoms with van der Waals surface area (Å²) in [5.74, 6) is 1.99. The number of amides is 1. The lowest BCUT2D eigenvalue weighted by molar-refractivity contribution is -0.122. The summed E-state index contributed by atoms with van der Waals surface area (Å²) in [6, 6.07) is 0.210. The highest BCUT2D eigenvalue weighted by Gasteiger charge is 2.56. The minimum atomic E-state index is -0.804. The van der Waals surface area contributed by atoms with Crippen molar-refractivity contribution in [1.29, 1.82) is 0 Å². The van der Waals surface area contributed by atoms with Crippen molar-refractivity contribution < 1.29 is 4.79 Å². The van der Waals surface area contributed by atoms with Crippen LogP contribution in [-0.4, -0.2) is 27.8 Å². The van der Waals surface area contributed by atoms with E-state index in [1.165, 1.54) is 0 Å². The summed E-state index contributed by atoms with van der Waals surface area (Å²) in [5.41, 5.74) is 0. The number of thioether (sulfide) groups is 1. The van der Waals surface area contributed by atoms with Gasteiger partial charge < -0.3 is 5.32 Å². The number of carbonyl (C=O) groups excluding carboxylic acids is 1. The Balaban J connectivity index is 2.15. The Kier molecular flexibility index (Phi) is 5.07. The molecular formula is C10H17Cl2NOS. The van der Waals surface area contributed by atoms with Gasteiger partial charge in [-0.15, -0.1) is 23.2 Å². The zero-order valence-corrected chi connectivity index (χ0v) is 11.4. The monoisotopic (exact) mass is 269 g/mol. The van der Waals surface area contributed by atoms with Crippen LogP contribution in [0.3, 0.4) is 0 Å². The molecule has 1 saturated carbocycles. The maximum Gasteiger partial charge on any atom is 0.226 e. The van der Waals surface area contributed by atoms with E-state index in [0.29, 0.717) is 6.42 Å². The van der Waals surface area contributed by atoms with Crippen molar-refractivity contribution in [2.24, 2.45) is 5.92 Å². The number of hydrogen-bond acceptors (Lipinski definition) is 2. The standard InChI is InChI=1S/C10H17Cl2NOS/c1-3-15-5-4-7(2)13-9(14)8-6-10(8,11)12/h7-8H,3-6H2,1-2H3,(H,13,14)/t7-,8-/m1/s1. The van der Waals surface area contributed by atoms with Gasteiger partial charge in [-0.1, -0.05) is 6.92 Å². The van der Waals surface area contributed by atoms with Crippen LogP contribution in [0.5, 0.6) is 0 Å². The van der Waals surface area contributed by atoms with Gasteiger partial charge in [0, 0.05) is 6.04 Å². The second kappa shape index (κ2) is 5.65. The van der Waals surface area contributed by atoms with Crippen molar-refractivity contribution in [2.45, 2.75) is 37.1 Å². The Bertz CT molecular complexity index is 235. The average Bonchev–Trinajstić information content (AvgIpc) is 2.76. The first-order valence-corrected chi connectivity index (χ1v) is 7.14. The molecule has 1 amide bonds. The van der Waals surface area contributed by atoms with E-state index in [4.69, 9.17) is 23.2 Å². The van der Waals surface area contributed by atoms with E-state index in [2.05, 4.69) is 12.2 Å². The fourth-order valence-corrected chi connectivity index (χ4v) is 2.63. The molecule has 0 aromatic heterocycles. The van der Waals surface area contributed by atoms with Crippen molar-refractivity contribution in [1.82, 2.24) is 5.32 Å². The lowest BCUT2D eigenvalue weighted by Crippen LogP contribution is -2.35. The van der Waals surface area contributed by atoms with E-state index in [9.17, 15) is 4.79 Å². The molecular weight excluding hydrogens is 253 g/mol. The normalized spacial score (nSPS) is 24.7. The van der Waals surface area contributed by atoms with Gasteiger partial charge in [-0.3, -0.25) is 4.79 Å². The minimum absolute atomic E-state index is 0.00556. The number of carbonyl (C=O) groups is 1. The molecule has 0 aromatic rings. The van der Waals surface area contributed by atoms with Gasteiger partial charge >= 0.3 is 0 Å². The van der Waals surface area contributed by atoms with Crippen molar-refractivity contribution in [3.63, 3.8) is 0 Å². The SMILES string of the molecule is CCSCC[C@@H](C)NC(=O)[C@H]1CC1(Cl)Cl. The number of rotatable bonds is 6. The van der Waals surface area contributed by atoms with Gasteiger partial charge in [-0.25, -0.2) is 0 Å². The van der Waals surface area contributed by atoms with Gasteiger partial charge in [0.2, 0.25) is 5.91 Å². The smallest absolute Gasteiger partial charge is 0.226 e. The molecule has 0 bridgehead atoms. The summed E-state index contributed by atoms with van der Waals surface area (Å²) < 4.78 is -0.804. The third-order valence-corrected chi connectivity index (χ3v) is 4.20. The molecule has 88 valence electrons. The van der Waals surface area contributed by atoms with Gasteiger partial charge in [0.05, 0.1) is 5.92 Å². The zero-order valence-electron chi connectivity index (χ0n) is 9.06. The maximum absolute atomic E-state index is 11.6. The highest BCUT2D eigenvalue weighted by molar-refractivity contribution is 7.99. The summed E-state index contributed by atoms with van der Waals surface area (Å²) in [6.45, 7) is 4.15. The van der Waals surface area contributed by atoms with Gasteiger partial charge in [-0.05, 0) is 31.3 Å². The highest BCUT2D eigenvalue weighted by Crippen LogP contribution is 2.53. The molecule has 1 rings (SSSR count). The molecule has 1 fully saturated rings. The molecule has 5 heteroatoms. The third-order valence-electron chi connectivity index (χ3n) is 2.43. The summed E-state index contributed by atoms with van der Waals surface area (Å²) >= 11 is 13.5. The van der Waals surface area contributed by atoms with Crippen molar-refractivity contribution in [2.75, 3.05) is 11.5 Å². The van der Waals surface area contributed by atoms with Crippen LogP contribution in [0.15, 0.2) is 0 Å². The van der Waals surface area contributed by atoms with Crippen molar-refractivity contribution in [3.8, 4) is 0 Å². The molecule has 1 aliphatic rings. The lowest BCUT2D eigenvalue weighted by atomic mass is 10.2. The molecule has 0 unspecified atom stereocenters. The number of halogens is 2. The molecule has 1 aliphatic carbocycles. The van der Waals surface area contributed by atoms with E-state index >= 15 is 0 Å². The first-order chi connectivity index (χ1) is 6.97. The van der Waals surface area contributed by atoms with Crippen LogP contribution in [0.2, 0.25) is 0 Å². The molecule has 0 heterocycles. The molecule has 0 aromatic carbocycles. The number of alkyl halides is 2. The Morgan fingerprint density at radius 3 is 2.73 bits per heavy atom. The van der Waals surface area contributed by atoms with Gasteiger partial charge in [0.1, 0.15) is 4.33 Å². The fraction of sp³-hybridized carbons (Fsp3) is 0.900. The molecule has 15 heavy (non-hydrogen) atoms. The minimum Gasteiger partial charge on any atom is -0.353 e. The fourth-order valence-electron chi connectivity index (χ4n) is 1.32. The Hall–Kier alpha value is 0.400. The molecule has 0 aliphatic heterocycles. The molecule has 0 saturated heterocycles. The maximum atomic E-state index is 11.6. The van der Waals surface area contributed by atoms with Crippen LogP contribution in [0.4, 0.5) is 0 Å². The molecule has 2 atom stereocenters. The van der Waals surface area contributed by atoms with Crippen LogP contribution in [0, 0.1) is 5.92 Å². The average molecular weight is 270 g/mol. The van der Waals surface area contributed by atoms with E-state index < -0.39 is 4.33 Å². The van der Waals surface area contributed by atoms with Crippen LogP contribution < -0.4 is 5.32 Å². The summed E-state index contributed by atoms with van der Waals surface area (Å²) in [4.78, 5) is 11.6. The quantitative estimate of drug-likeness (QED) is 0.594. The largest absolute Gasteiger partial charge is 0.353 e. The second-order valence-corrected chi connectivity index (χ2v) is 6.85. The molecule has 0 spiro atoms. The van der Waals surface area contributed by atoms with Crippen LogP contribution in [0.1, 0.15) is 26.7 Å². The van der Waals surface area contributed by atoms with E-state index in [1.54, 1.807) is 0 Å². The Labute approximate surface area is 105 Å². The lowest BCUT2D eigenvalue weighted by Gasteiger charge is -2.13. The topological polar surface area (TPSA) is 29.1 Å². The number of hydrogen-bond donors (Lipinski definition) is 1. The van der Waals surface area contributed by atoms with Gasteiger partial charge in [-0.2, -0.15) is 11.8 Å². The highest BCUT2D eigenvalue weighted by atomic mass is 35.5. The van der Waals surface area contributed by atoms with Gasteiger partial charge in [0.15, 0.2) is 0 Å².